The van der Waals surface area contributed by atoms with Gasteiger partial charge in [-0.2, -0.15) is 0 Å². The normalized spacial score (nSPS) is 10.3. The topological polar surface area (TPSA) is 79.3 Å². The number of nitrogens with one attached hydrogen (secondary N) is 1. The standard InChI is InChI=1S/C15H15ClN2O2/c16-13-9-11(15(17)18)3-6-14(13)20-12-4-1-10(2-5-12)7-8-19/h1-6,9,19H,7-8H2,(H3,17,18). The van der Waals surface area contributed by atoms with E-state index in [0.29, 0.717) is 28.5 Å². The minimum Gasteiger partial charge on any atom is -0.456 e. The van der Waals surface area contributed by atoms with Crippen molar-refractivity contribution in [2.45, 2.75) is 6.42 Å². The Morgan fingerprint density at radius 3 is 2.45 bits per heavy atom. The minimum absolute atomic E-state index is 0.0354. The Bertz CT molecular complexity index is 612. The highest BCUT2D eigenvalue weighted by molar-refractivity contribution is 6.32. The number of benzene rings is 2. The summed E-state index contributed by atoms with van der Waals surface area (Å²) in [7, 11) is 0. The number of nitrogens with two attached hydrogens (primary N) is 1. The van der Waals surface area contributed by atoms with Gasteiger partial charge in [0.2, 0.25) is 0 Å². The summed E-state index contributed by atoms with van der Waals surface area (Å²) >= 11 is 6.09. The molecule has 0 fully saturated rings. The smallest absolute Gasteiger partial charge is 0.146 e. The van der Waals surface area contributed by atoms with Gasteiger partial charge in [0.05, 0.1) is 5.02 Å². The molecule has 2 rings (SSSR count). The highest BCUT2D eigenvalue weighted by Crippen LogP contribution is 2.30. The summed E-state index contributed by atoms with van der Waals surface area (Å²) in [5.74, 6) is 1.13. The van der Waals surface area contributed by atoms with E-state index in [0.717, 1.165) is 5.56 Å². The molecule has 5 heteroatoms. The molecule has 0 aliphatic carbocycles. The van der Waals surface area contributed by atoms with Crippen molar-refractivity contribution in [1.29, 1.82) is 5.41 Å². The molecule has 20 heavy (non-hydrogen) atoms. The van der Waals surface area contributed by atoms with Crippen molar-refractivity contribution >= 4 is 17.4 Å². The molecule has 2 aromatic carbocycles. The molecule has 4 N–H and O–H groups in total. The SMILES string of the molecule is N=C(N)c1ccc(Oc2ccc(CCO)cc2)c(Cl)c1. The molecular formula is C15H15ClN2O2. The van der Waals surface area contributed by atoms with E-state index >= 15 is 0 Å². The van der Waals surface area contributed by atoms with E-state index in [4.69, 9.17) is 32.6 Å². The number of amidine groups is 1. The van der Waals surface area contributed by atoms with Crippen LogP contribution in [0.1, 0.15) is 11.1 Å². The Morgan fingerprint density at radius 1 is 1.20 bits per heavy atom. The lowest BCUT2D eigenvalue weighted by Gasteiger charge is -2.09. The Morgan fingerprint density at radius 2 is 1.90 bits per heavy atom. The first-order valence-corrected chi connectivity index (χ1v) is 6.49. The fraction of sp³-hybridized carbons (Fsp3) is 0.133. The average molecular weight is 291 g/mol. The maximum Gasteiger partial charge on any atom is 0.146 e. The second kappa shape index (κ2) is 6.41. The molecular weight excluding hydrogens is 276 g/mol. The fourth-order valence-corrected chi connectivity index (χ4v) is 1.95. The maximum atomic E-state index is 8.86. The van der Waals surface area contributed by atoms with Crippen molar-refractivity contribution in [2.75, 3.05) is 6.61 Å². The molecule has 0 bridgehead atoms. The van der Waals surface area contributed by atoms with Gasteiger partial charge in [0.25, 0.3) is 0 Å². The van der Waals surface area contributed by atoms with Crippen molar-refractivity contribution in [3.05, 3.63) is 58.6 Å². The number of rotatable bonds is 5. The van der Waals surface area contributed by atoms with Gasteiger partial charge < -0.3 is 15.6 Å². The minimum atomic E-state index is -0.0354. The third-order valence-electron chi connectivity index (χ3n) is 2.79. The molecule has 2 aromatic rings. The van der Waals surface area contributed by atoms with Gasteiger partial charge in [0.1, 0.15) is 17.3 Å². The molecule has 0 aromatic heterocycles. The van der Waals surface area contributed by atoms with Crippen LogP contribution in [0.5, 0.6) is 11.5 Å². The molecule has 4 nitrogen and oxygen atoms in total. The monoisotopic (exact) mass is 290 g/mol. The van der Waals surface area contributed by atoms with Crippen molar-refractivity contribution in [3.63, 3.8) is 0 Å². The first kappa shape index (κ1) is 14.4. The molecule has 0 saturated carbocycles. The van der Waals surface area contributed by atoms with Gasteiger partial charge >= 0.3 is 0 Å². The van der Waals surface area contributed by atoms with Gasteiger partial charge in [-0.3, -0.25) is 5.41 Å². The van der Waals surface area contributed by atoms with Crippen LogP contribution in [-0.2, 0) is 6.42 Å². The van der Waals surface area contributed by atoms with Gasteiger partial charge in [-0.05, 0) is 42.3 Å². The zero-order chi connectivity index (χ0) is 14.5. The number of hydrogen-bond acceptors (Lipinski definition) is 3. The van der Waals surface area contributed by atoms with Crippen LogP contribution in [0, 0.1) is 5.41 Å². The van der Waals surface area contributed by atoms with Gasteiger partial charge in [0, 0.05) is 12.2 Å². The van der Waals surface area contributed by atoms with Gasteiger partial charge in [0.15, 0.2) is 0 Å². The van der Waals surface area contributed by atoms with Crippen LogP contribution >= 0.6 is 11.6 Å². The average Bonchev–Trinajstić information content (AvgIpc) is 2.43. The molecule has 0 spiro atoms. The molecule has 0 unspecified atom stereocenters. The van der Waals surface area contributed by atoms with Crippen molar-refractivity contribution < 1.29 is 9.84 Å². The van der Waals surface area contributed by atoms with Gasteiger partial charge in [-0.1, -0.05) is 23.7 Å². The summed E-state index contributed by atoms with van der Waals surface area (Å²) in [5, 5.41) is 16.6. The van der Waals surface area contributed by atoms with E-state index in [2.05, 4.69) is 0 Å². The second-order valence-electron chi connectivity index (χ2n) is 4.28. The lowest BCUT2D eigenvalue weighted by molar-refractivity contribution is 0.299. The number of aliphatic hydroxyl groups excluding tert-OH is 1. The zero-order valence-corrected chi connectivity index (χ0v) is 11.5. The van der Waals surface area contributed by atoms with E-state index < -0.39 is 0 Å². The lowest BCUT2D eigenvalue weighted by atomic mass is 10.1. The Balaban J connectivity index is 2.15. The summed E-state index contributed by atoms with van der Waals surface area (Å²) in [6.07, 6.45) is 0.619. The lowest BCUT2D eigenvalue weighted by Crippen LogP contribution is -2.10. The highest BCUT2D eigenvalue weighted by atomic mass is 35.5. The highest BCUT2D eigenvalue weighted by Gasteiger charge is 2.06. The summed E-state index contributed by atoms with van der Waals surface area (Å²) in [5.41, 5.74) is 6.99. The van der Waals surface area contributed by atoms with Crippen LogP contribution in [0.2, 0.25) is 5.02 Å². The molecule has 0 aliphatic heterocycles. The second-order valence-corrected chi connectivity index (χ2v) is 4.69. The van der Waals surface area contributed by atoms with E-state index in [1.165, 1.54) is 0 Å². The molecule has 0 atom stereocenters. The number of halogens is 1. The fourth-order valence-electron chi connectivity index (χ4n) is 1.73. The zero-order valence-electron chi connectivity index (χ0n) is 10.8. The third-order valence-corrected chi connectivity index (χ3v) is 3.09. The summed E-state index contributed by atoms with van der Waals surface area (Å²) in [4.78, 5) is 0. The number of hydrogen-bond donors (Lipinski definition) is 3. The van der Waals surface area contributed by atoms with Crippen LogP contribution in [0.25, 0.3) is 0 Å². The predicted molar refractivity (Wildman–Crippen MR) is 79.8 cm³/mol. The van der Waals surface area contributed by atoms with Crippen LogP contribution in [0.3, 0.4) is 0 Å². The van der Waals surface area contributed by atoms with E-state index in [-0.39, 0.29) is 12.4 Å². The van der Waals surface area contributed by atoms with E-state index in [9.17, 15) is 0 Å². The number of aliphatic hydroxyl groups is 1. The molecule has 0 heterocycles. The molecule has 0 aliphatic rings. The molecule has 0 amide bonds. The summed E-state index contributed by atoms with van der Waals surface area (Å²) < 4.78 is 5.67. The van der Waals surface area contributed by atoms with E-state index in [1.807, 2.05) is 24.3 Å². The van der Waals surface area contributed by atoms with Crippen molar-refractivity contribution in [2.24, 2.45) is 5.73 Å². The Kier molecular flexibility index (Phi) is 4.61. The van der Waals surface area contributed by atoms with Crippen molar-refractivity contribution in [1.82, 2.24) is 0 Å². The largest absolute Gasteiger partial charge is 0.456 e. The first-order chi connectivity index (χ1) is 9.60. The van der Waals surface area contributed by atoms with Gasteiger partial charge in [-0.25, -0.2) is 0 Å². The van der Waals surface area contributed by atoms with Crippen LogP contribution < -0.4 is 10.5 Å². The van der Waals surface area contributed by atoms with E-state index in [1.54, 1.807) is 18.2 Å². The molecule has 0 saturated heterocycles. The quantitative estimate of drug-likeness (QED) is 0.585. The van der Waals surface area contributed by atoms with Crippen molar-refractivity contribution in [3.8, 4) is 11.5 Å². The van der Waals surface area contributed by atoms with Crippen LogP contribution in [0.15, 0.2) is 42.5 Å². The Hall–Kier alpha value is -2.04. The molecule has 104 valence electrons. The van der Waals surface area contributed by atoms with Crippen LogP contribution in [0.4, 0.5) is 0 Å². The third kappa shape index (κ3) is 3.50. The summed E-state index contributed by atoms with van der Waals surface area (Å²) in [6, 6.07) is 12.4. The van der Waals surface area contributed by atoms with Crippen LogP contribution in [-0.4, -0.2) is 17.5 Å². The summed E-state index contributed by atoms with van der Waals surface area (Å²) in [6.45, 7) is 0.124. The number of ether oxygens (including phenoxy) is 1. The maximum absolute atomic E-state index is 8.86. The Labute approximate surface area is 122 Å². The van der Waals surface area contributed by atoms with Gasteiger partial charge in [-0.15, -0.1) is 0 Å². The first-order valence-electron chi connectivity index (χ1n) is 6.12. The molecule has 0 radical (unpaired) electrons. The number of nitrogen functional groups attached to an aromatic ring is 1. The predicted octanol–water partition coefficient (Wildman–Crippen LogP) is 2.95.